The van der Waals surface area contributed by atoms with Crippen molar-refractivity contribution < 1.29 is 9.90 Å². The minimum atomic E-state index is -0.868. The van der Waals surface area contributed by atoms with Gasteiger partial charge in [-0.05, 0) is 30.7 Å². The number of para-hydroxylation sites is 2. The van der Waals surface area contributed by atoms with Crippen LogP contribution < -0.4 is 0 Å². The number of aromatic nitrogens is 2. The van der Waals surface area contributed by atoms with Crippen molar-refractivity contribution in [2.45, 2.75) is 13.5 Å². The minimum Gasteiger partial charge on any atom is -0.480 e. The Hall–Kier alpha value is -2.85. The van der Waals surface area contributed by atoms with Gasteiger partial charge in [-0.3, -0.25) is 4.79 Å². The molecule has 4 aromatic rings. The van der Waals surface area contributed by atoms with Crippen molar-refractivity contribution >= 4 is 39.4 Å². The smallest absolute Gasteiger partial charge is 0.323 e. The molecule has 0 saturated heterocycles. The van der Waals surface area contributed by atoms with Gasteiger partial charge in [-0.15, -0.1) is 0 Å². The number of carboxylic acids is 1. The van der Waals surface area contributed by atoms with Gasteiger partial charge in [0.1, 0.15) is 11.7 Å². The van der Waals surface area contributed by atoms with Crippen LogP contribution in [0, 0.1) is 6.92 Å². The molecule has 1 N–H and O–H groups in total. The molecule has 25 heavy (non-hydrogen) atoms. The first kappa shape index (κ1) is 15.7. The third-order valence-electron chi connectivity index (χ3n) is 4.48. The van der Waals surface area contributed by atoms with Crippen LogP contribution in [-0.2, 0) is 11.3 Å². The van der Waals surface area contributed by atoms with Crippen molar-refractivity contribution in [3.63, 3.8) is 0 Å². The SMILES string of the molecule is Cc1c(-c2cc(Cl)nc3ccccc23)c2ccccc2n1CC(=O)O. The average molecular weight is 351 g/mol. The van der Waals surface area contributed by atoms with Gasteiger partial charge in [0.05, 0.1) is 5.52 Å². The van der Waals surface area contributed by atoms with E-state index in [0.717, 1.165) is 38.6 Å². The number of carboxylic acid groups (broad SMARTS) is 1. The summed E-state index contributed by atoms with van der Waals surface area (Å²) in [4.78, 5) is 15.7. The van der Waals surface area contributed by atoms with Gasteiger partial charge in [-0.25, -0.2) is 4.98 Å². The lowest BCUT2D eigenvalue weighted by atomic mass is 9.99. The van der Waals surface area contributed by atoms with Crippen molar-refractivity contribution in [1.82, 2.24) is 9.55 Å². The second-order valence-electron chi connectivity index (χ2n) is 5.97. The molecular weight excluding hydrogens is 336 g/mol. The maximum Gasteiger partial charge on any atom is 0.323 e. The van der Waals surface area contributed by atoms with E-state index in [1.165, 1.54) is 0 Å². The Morgan fingerprint density at radius 2 is 1.80 bits per heavy atom. The number of rotatable bonds is 3. The number of aliphatic carboxylic acids is 1. The zero-order valence-electron chi connectivity index (χ0n) is 13.5. The summed E-state index contributed by atoms with van der Waals surface area (Å²) in [6.45, 7) is 1.87. The maximum atomic E-state index is 11.3. The molecule has 0 spiro atoms. The number of fused-ring (bicyclic) bond motifs is 2. The summed E-state index contributed by atoms with van der Waals surface area (Å²) in [5.41, 5.74) is 4.58. The van der Waals surface area contributed by atoms with Gasteiger partial charge in [-0.2, -0.15) is 0 Å². The lowest BCUT2D eigenvalue weighted by Crippen LogP contribution is -2.09. The number of pyridine rings is 1. The van der Waals surface area contributed by atoms with Crippen molar-refractivity contribution in [2.75, 3.05) is 0 Å². The van der Waals surface area contributed by atoms with Crippen molar-refractivity contribution in [3.8, 4) is 11.1 Å². The highest BCUT2D eigenvalue weighted by Crippen LogP contribution is 2.38. The summed E-state index contributed by atoms with van der Waals surface area (Å²) in [5, 5.41) is 11.7. The summed E-state index contributed by atoms with van der Waals surface area (Å²) in [5.74, 6) is -0.868. The fourth-order valence-corrected chi connectivity index (χ4v) is 3.66. The predicted molar refractivity (Wildman–Crippen MR) is 100 cm³/mol. The van der Waals surface area contributed by atoms with E-state index in [2.05, 4.69) is 4.98 Å². The molecule has 0 atom stereocenters. The fourth-order valence-electron chi connectivity index (χ4n) is 3.46. The molecule has 0 amide bonds. The van der Waals surface area contributed by atoms with Gasteiger partial charge in [-0.1, -0.05) is 48.0 Å². The second kappa shape index (κ2) is 5.90. The molecule has 2 aromatic heterocycles. The van der Waals surface area contributed by atoms with Gasteiger partial charge < -0.3 is 9.67 Å². The number of nitrogens with zero attached hydrogens (tertiary/aromatic N) is 2. The summed E-state index contributed by atoms with van der Waals surface area (Å²) in [6.07, 6.45) is 0. The fraction of sp³-hybridized carbons (Fsp3) is 0.100. The van der Waals surface area contributed by atoms with Gasteiger partial charge in [0, 0.05) is 27.5 Å². The van der Waals surface area contributed by atoms with E-state index in [4.69, 9.17) is 11.6 Å². The van der Waals surface area contributed by atoms with Crippen LogP contribution in [0.15, 0.2) is 54.6 Å². The van der Waals surface area contributed by atoms with Crippen molar-refractivity contribution in [3.05, 3.63) is 65.4 Å². The van der Waals surface area contributed by atoms with Crippen LogP contribution in [0.5, 0.6) is 0 Å². The van der Waals surface area contributed by atoms with E-state index >= 15 is 0 Å². The minimum absolute atomic E-state index is 0.0803. The van der Waals surface area contributed by atoms with Crippen molar-refractivity contribution in [2.24, 2.45) is 0 Å². The molecule has 0 aliphatic heterocycles. The Morgan fingerprint density at radius 1 is 1.12 bits per heavy atom. The number of hydrogen-bond acceptors (Lipinski definition) is 2. The van der Waals surface area contributed by atoms with E-state index < -0.39 is 5.97 Å². The third-order valence-corrected chi connectivity index (χ3v) is 4.67. The maximum absolute atomic E-state index is 11.3. The molecule has 4 nitrogen and oxygen atoms in total. The van der Waals surface area contributed by atoms with Crippen LogP contribution in [0.25, 0.3) is 32.9 Å². The van der Waals surface area contributed by atoms with Crippen LogP contribution in [0.3, 0.4) is 0 Å². The van der Waals surface area contributed by atoms with Crippen LogP contribution >= 0.6 is 11.6 Å². The highest BCUT2D eigenvalue weighted by molar-refractivity contribution is 6.30. The first-order valence-corrected chi connectivity index (χ1v) is 8.29. The molecule has 2 heterocycles. The summed E-state index contributed by atoms with van der Waals surface area (Å²) >= 11 is 6.26. The summed E-state index contributed by atoms with van der Waals surface area (Å²) in [6, 6.07) is 17.5. The second-order valence-corrected chi connectivity index (χ2v) is 6.35. The van der Waals surface area contributed by atoms with E-state index in [1.54, 1.807) is 0 Å². The summed E-state index contributed by atoms with van der Waals surface area (Å²) < 4.78 is 1.83. The molecule has 0 unspecified atom stereocenters. The monoisotopic (exact) mass is 350 g/mol. The standard InChI is InChI=1S/C20H15ClN2O2/c1-12-20(14-7-3-5-9-17(14)23(12)11-19(24)25)15-10-18(21)22-16-8-4-2-6-13(15)16/h2-10H,11H2,1H3,(H,24,25). The topological polar surface area (TPSA) is 55.1 Å². The van der Waals surface area contributed by atoms with Gasteiger partial charge in [0.15, 0.2) is 0 Å². The molecule has 2 aromatic carbocycles. The predicted octanol–water partition coefficient (Wildman–Crippen LogP) is 4.90. The van der Waals surface area contributed by atoms with Crippen LogP contribution in [-0.4, -0.2) is 20.6 Å². The van der Waals surface area contributed by atoms with Crippen LogP contribution in [0.2, 0.25) is 5.15 Å². The first-order valence-electron chi connectivity index (χ1n) is 7.91. The number of carbonyl (C=O) groups is 1. The first-order chi connectivity index (χ1) is 12.1. The molecule has 0 fully saturated rings. The molecule has 0 saturated carbocycles. The quantitative estimate of drug-likeness (QED) is 0.534. The Morgan fingerprint density at radius 3 is 2.56 bits per heavy atom. The highest BCUT2D eigenvalue weighted by atomic mass is 35.5. The van der Waals surface area contributed by atoms with Gasteiger partial charge in [0.25, 0.3) is 0 Å². The molecule has 5 heteroatoms. The summed E-state index contributed by atoms with van der Waals surface area (Å²) in [7, 11) is 0. The zero-order valence-corrected chi connectivity index (χ0v) is 14.3. The van der Waals surface area contributed by atoms with E-state index in [1.807, 2.05) is 66.1 Å². The lowest BCUT2D eigenvalue weighted by Gasteiger charge is -2.09. The van der Waals surface area contributed by atoms with Gasteiger partial charge in [0.2, 0.25) is 0 Å². The largest absolute Gasteiger partial charge is 0.480 e. The van der Waals surface area contributed by atoms with E-state index in [-0.39, 0.29) is 6.54 Å². The van der Waals surface area contributed by atoms with E-state index in [9.17, 15) is 9.90 Å². The molecule has 4 rings (SSSR count). The molecule has 124 valence electrons. The molecule has 0 bridgehead atoms. The number of benzene rings is 2. The molecular formula is C20H15ClN2O2. The third kappa shape index (κ3) is 2.55. The van der Waals surface area contributed by atoms with Crippen LogP contribution in [0.1, 0.15) is 5.69 Å². The normalized spacial score (nSPS) is 11.3. The van der Waals surface area contributed by atoms with Crippen LogP contribution in [0.4, 0.5) is 0 Å². The Labute approximate surface area is 149 Å². The lowest BCUT2D eigenvalue weighted by molar-refractivity contribution is -0.137. The molecule has 0 aliphatic carbocycles. The molecule has 0 aliphatic rings. The number of halogens is 1. The van der Waals surface area contributed by atoms with Gasteiger partial charge >= 0.3 is 5.97 Å². The highest BCUT2D eigenvalue weighted by Gasteiger charge is 2.19. The Kier molecular flexibility index (Phi) is 3.70. The average Bonchev–Trinajstić information content (AvgIpc) is 2.86. The Balaban J connectivity index is 2.12. The number of hydrogen-bond donors (Lipinski definition) is 1. The van der Waals surface area contributed by atoms with E-state index in [0.29, 0.717) is 5.15 Å². The molecule has 0 radical (unpaired) electrons. The van der Waals surface area contributed by atoms with Crippen molar-refractivity contribution in [1.29, 1.82) is 0 Å². The zero-order chi connectivity index (χ0) is 17.6. The Bertz CT molecular complexity index is 1130.